The number of hydrogen-bond acceptors (Lipinski definition) is 5. The number of aromatic nitrogens is 1. The number of hydrogen-bond donors (Lipinski definition) is 2. The monoisotopic (exact) mass is 513 g/mol. The maximum atomic E-state index is 14.9. The van der Waals surface area contributed by atoms with E-state index in [-0.39, 0.29) is 16.9 Å². The maximum Gasteiger partial charge on any atom is 0.417 e. The summed E-state index contributed by atoms with van der Waals surface area (Å²) >= 11 is 0. The minimum absolute atomic E-state index is 0.0376. The Balaban J connectivity index is 1.76. The molecule has 3 N–H and O–H groups in total. The summed E-state index contributed by atoms with van der Waals surface area (Å²) in [5.74, 6) is -7.69. The van der Waals surface area contributed by atoms with Crippen molar-refractivity contribution in [2.75, 3.05) is 5.32 Å². The molecule has 1 aromatic carbocycles. The summed E-state index contributed by atoms with van der Waals surface area (Å²) in [4.78, 5) is 28.4. The fraction of sp³-hybridized carbons (Fsp3) is 0.458. The molecular formula is C24H24F5N3O4. The number of halogens is 5. The van der Waals surface area contributed by atoms with Gasteiger partial charge in [-0.25, -0.2) is 4.39 Å². The molecule has 1 saturated heterocycles. The van der Waals surface area contributed by atoms with Crippen molar-refractivity contribution in [3.63, 3.8) is 0 Å². The number of amides is 2. The number of pyridine rings is 1. The minimum Gasteiger partial charge on any atom is -0.487 e. The molecular weight excluding hydrogens is 489 g/mol. The molecule has 4 rings (SSSR count). The smallest absolute Gasteiger partial charge is 0.417 e. The van der Waals surface area contributed by atoms with E-state index in [2.05, 4.69) is 10.3 Å². The second kappa shape index (κ2) is 9.30. The van der Waals surface area contributed by atoms with Gasteiger partial charge in [-0.05, 0) is 44.4 Å². The molecule has 0 spiro atoms. The molecule has 1 aliphatic carbocycles. The van der Waals surface area contributed by atoms with Crippen LogP contribution in [-0.4, -0.2) is 40.8 Å². The van der Waals surface area contributed by atoms with Crippen molar-refractivity contribution < 1.29 is 41.0 Å². The summed E-state index contributed by atoms with van der Waals surface area (Å²) in [6.07, 6.45) is -3.89. The summed E-state index contributed by atoms with van der Waals surface area (Å²) in [6, 6.07) is 4.37. The van der Waals surface area contributed by atoms with Crippen LogP contribution in [0.1, 0.15) is 55.1 Å². The average Bonchev–Trinajstić information content (AvgIpc) is 3.05. The van der Waals surface area contributed by atoms with E-state index in [9.17, 15) is 31.5 Å². The first-order chi connectivity index (χ1) is 16.8. The number of ether oxygens (including phenoxy) is 2. The quantitative estimate of drug-likeness (QED) is 0.555. The van der Waals surface area contributed by atoms with E-state index in [0.29, 0.717) is 12.8 Å². The highest BCUT2D eigenvalue weighted by Gasteiger charge is 2.66. The number of nitrogens with one attached hydrogen (secondary N) is 1. The number of benzene rings is 1. The Kier molecular flexibility index (Phi) is 6.67. The van der Waals surface area contributed by atoms with Crippen LogP contribution in [0.2, 0.25) is 0 Å². The molecule has 2 aliphatic rings. The maximum absolute atomic E-state index is 14.9. The number of rotatable bonds is 6. The molecule has 1 unspecified atom stereocenters. The van der Waals surface area contributed by atoms with Gasteiger partial charge in [0.15, 0.2) is 17.2 Å². The lowest BCUT2D eigenvalue weighted by Gasteiger charge is -2.32. The van der Waals surface area contributed by atoms with E-state index in [1.54, 1.807) is 0 Å². The Morgan fingerprint density at radius 1 is 1.22 bits per heavy atom. The number of alkyl halides is 3. The normalized spacial score (nSPS) is 26.4. The molecule has 1 saturated carbocycles. The van der Waals surface area contributed by atoms with Gasteiger partial charge in [-0.1, -0.05) is 13.0 Å². The van der Waals surface area contributed by atoms with E-state index in [1.807, 2.05) is 0 Å². The summed E-state index contributed by atoms with van der Waals surface area (Å²) in [7, 11) is 0. The second-order valence-electron chi connectivity index (χ2n) is 9.19. The van der Waals surface area contributed by atoms with Gasteiger partial charge in [0.1, 0.15) is 11.8 Å². The molecule has 12 heteroatoms. The molecule has 0 bridgehead atoms. The van der Waals surface area contributed by atoms with Crippen molar-refractivity contribution in [2.24, 2.45) is 11.7 Å². The Labute approximate surface area is 203 Å². The summed E-state index contributed by atoms with van der Waals surface area (Å²) in [5, 5.41) is 2.41. The van der Waals surface area contributed by atoms with Gasteiger partial charge >= 0.3 is 6.18 Å². The molecule has 1 aliphatic heterocycles. The van der Waals surface area contributed by atoms with Crippen LogP contribution in [0, 0.1) is 17.6 Å². The van der Waals surface area contributed by atoms with Gasteiger partial charge in [0, 0.05) is 29.3 Å². The van der Waals surface area contributed by atoms with Crippen LogP contribution in [0.4, 0.5) is 27.6 Å². The molecule has 194 valence electrons. The average molecular weight is 513 g/mol. The lowest BCUT2D eigenvalue weighted by Crippen LogP contribution is -2.47. The SMILES string of the molecule is C[C@H]1[C@H](c2ccc(F)c(F)c2OC2CCC2)[C@@H](C(=O)Nc2ccnc(C(N)=O)c2)OC1(C)C(F)(F)F. The first-order valence-electron chi connectivity index (χ1n) is 11.3. The van der Waals surface area contributed by atoms with E-state index in [4.69, 9.17) is 15.2 Å². The van der Waals surface area contributed by atoms with Gasteiger partial charge in [-0.15, -0.1) is 0 Å². The topological polar surface area (TPSA) is 104 Å². The van der Waals surface area contributed by atoms with Crippen LogP contribution in [0.25, 0.3) is 0 Å². The number of carbonyl (C=O) groups excluding carboxylic acids is 2. The summed E-state index contributed by atoms with van der Waals surface area (Å²) < 4.78 is 82.4. The third-order valence-corrected chi connectivity index (χ3v) is 6.98. The second-order valence-corrected chi connectivity index (χ2v) is 9.19. The number of primary amides is 1. The van der Waals surface area contributed by atoms with Crippen molar-refractivity contribution in [2.45, 2.75) is 63.0 Å². The molecule has 2 fully saturated rings. The van der Waals surface area contributed by atoms with Crippen molar-refractivity contribution in [1.82, 2.24) is 4.98 Å². The standard InChI is InChI=1S/C24H24F5N3O4/c1-11-17(14-6-7-15(25)18(26)19(14)35-13-4-3-5-13)20(36-23(11,2)24(27,28)29)22(34)32-12-8-9-31-16(10-12)21(30)33/h6-11,13,17,20H,3-5H2,1-2H3,(H2,30,33)(H,31,32,34)/t11-,17+,20-,23?/m0/s1. The highest BCUT2D eigenvalue weighted by Crippen LogP contribution is 2.55. The summed E-state index contributed by atoms with van der Waals surface area (Å²) in [5.41, 5.74) is 2.16. The first kappa shape index (κ1) is 25.8. The largest absolute Gasteiger partial charge is 0.487 e. The third kappa shape index (κ3) is 4.49. The van der Waals surface area contributed by atoms with Gasteiger partial charge in [0.2, 0.25) is 5.82 Å². The predicted molar refractivity (Wildman–Crippen MR) is 117 cm³/mol. The lowest BCUT2D eigenvalue weighted by atomic mass is 9.76. The highest BCUT2D eigenvalue weighted by molar-refractivity contribution is 5.97. The van der Waals surface area contributed by atoms with Gasteiger partial charge in [0.05, 0.1) is 6.10 Å². The molecule has 0 radical (unpaired) electrons. The predicted octanol–water partition coefficient (Wildman–Crippen LogP) is 4.47. The van der Waals surface area contributed by atoms with E-state index >= 15 is 0 Å². The van der Waals surface area contributed by atoms with Crippen LogP contribution in [-0.2, 0) is 9.53 Å². The number of nitrogens with zero attached hydrogens (tertiary/aromatic N) is 1. The van der Waals surface area contributed by atoms with Gasteiger partial charge in [0.25, 0.3) is 11.8 Å². The molecule has 4 atom stereocenters. The minimum atomic E-state index is -4.89. The van der Waals surface area contributed by atoms with Crippen LogP contribution in [0.3, 0.4) is 0 Å². The van der Waals surface area contributed by atoms with Crippen molar-refractivity contribution in [1.29, 1.82) is 0 Å². The Morgan fingerprint density at radius 2 is 1.92 bits per heavy atom. The molecule has 2 heterocycles. The summed E-state index contributed by atoms with van der Waals surface area (Å²) in [6.45, 7) is 2.04. The molecule has 1 aromatic heterocycles. The van der Waals surface area contributed by atoms with E-state index < -0.39 is 65.0 Å². The molecule has 2 aromatic rings. The Hall–Kier alpha value is -3.28. The number of anilines is 1. The third-order valence-electron chi connectivity index (χ3n) is 6.98. The zero-order valence-electron chi connectivity index (χ0n) is 19.4. The highest BCUT2D eigenvalue weighted by atomic mass is 19.4. The first-order valence-corrected chi connectivity index (χ1v) is 11.3. The van der Waals surface area contributed by atoms with Crippen LogP contribution in [0.5, 0.6) is 5.75 Å². The van der Waals surface area contributed by atoms with Crippen LogP contribution >= 0.6 is 0 Å². The molecule has 7 nitrogen and oxygen atoms in total. The zero-order chi connectivity index (χ0) is 26.4. The van der Waals surface area contributed by atoms with Crippen LogP contribution < -0.4 is 15.8 Å². The van der Waals surface area contributed by atoms with Gasteiger partial charge in [-0.2, -0.15) is 17.6 Å². The zero-order valence-corrected chi connectivity index (χ0v) is 19.4. The van der Waals surface area contributed by atoms with E-state index in [1.165, 1.54) is 19.2 Å². The lowest BCUT2D eigenvalue weighted by molar-refractivity contribution is -0.272. The fourth-order valence-corrected chi connectivity index (χ4v) is 4.46. The van der Waals surface area contributed by atoms with Crippen molar-refractivity contribution in [3.8, 4) is 5.75 Å². The molecule has 2 amide bonds. The number of nitrogens with two attached hydrogens (primary N) is 1. The fourth-order valence-electron chi connectivity index (χ4n) is 4.46. The molecule has 36 heavy (non-hydrogen) atoms. The van der Waals surface area contributed by atoms with E-state index in [0.717, 1.165) is 31.5 Å². The van der Waals surface area contributed by atoms with Crippen molar-refractivity contribution in [3.05, 3.63) is 53.4 Å². The Morgan fingerprint density at radius 3 is 2.50 bits per heavy atom. The van der Waals surface area contributed by atoms with Gasteiger partial charge in [-0.3, -0.25) is 14.6 Å². The number of carbonyl (C=O) groups is 2. The van der Waals surface area contributed by atoms with Crippen LogP contribution in [0.15, 0.2) is 30.5 Å². The van der Waals surface area contributed by atoms with Gasteiger partial charge < -0.3 is 20.5 Å². The van der Waals surface area contributed by atoms with Crippen molar-refractivity contribution >= 4 is 17.5 Å². The Bertz CT molecular complexity index is 1190.